The molecule has 1 saturated carbocycles. The Morgan fingerprint density at radius 1 is 1.44 bits per heavy atom. The number of hydrogen-bond acceptors (Lipinski definition) is 4. The Labute approximate surface area is 111 Å². The number of ether oxygens (including phenoxy) is 1. The van der Waals surface area contributed by atoms with E-state index in [-0.39, 0.29) is 17.6 Å². The second-order valence-corrected chi connectivity index (χ2v) is 5.53. The molecule has 0 amide bonds. The molecule has 0 aromatic carbocycles. The highest BCUT2D eigenvalue weighted by Crippen LogP contribution is 2.50. The lowest BCUT2D eigenvalue weighted by Crippen LogP contribution is -2.62. The molecule has 4 nitrogen and oxygen atoms in total. The normalized spacial score (nSPS) is 29.9. The summed E-state index contributed by atoms with van der Waals surface area (Å²) in [5.74, 6) is 0.710. The van der Waals surface area contributed by atoms with Crippen LogP contribution in [-0.2, 0) is 4.74 Å². The lowest BCUT2D eigenvalue weighted by molar-refractivity contribution is -0.133. The highest BCUT2D eigenvalue weighted by Gasteiger charge is 2.55. The van der Waals surface area contributed by atoms with Gasteiger partial charge in [-0.15, -0.1) is 0 Å². The van der Waals surface area contributed by atoms with Gasteiger partial charge in [0.15, 0.2) is 0 Å². The first-order valence-electron chi connectivity index (χ1n) is 6.35. The summed E-state index contributed by atoms with van der Waals surface area (Å²) in [4.78, 5) is 4.25. The number of aliphatic hydroxyl groups is 1. The fourth-order valence-corrected chi connectivity index (χ4v) is 3.23. The molecule has 2 atom stereocenters. The van der Waals surface area contributed by atoms with Crippen molar-refractivity contribution >= 4 is 17.4 Å². The van der Waals surface area contributed by atoms with Gasteiger partial charge in [-0.2, -0.15) is 0 Å². The van der Waals surface area contributed by atoms with Crippen molar-refractivity contribution < 1.29 is 9.84 Å². The molecule has 2 heterocycles. The Morgan fingerprint density at radius 3 is 2.89 bits per heavy atom. The van der Waals surface area contributed by atoms with Crippen molar-refractivity contribution in [3.8, 4) is 0 Å². The number of nitrogens with zero attached hydrogens (tertiary/aromatic N) is 1. The van der Waals surface area contributed by atoms with Crippen LogP contribution in [0.2, 0.25) is 5.02 Å². The topological polar surface area (TPSA) is 54.4 Å². The zero-order valence-electron chi connectivity index (χ0n) is 10.1. The fourth-order valence-electron chi connectivity index (χ4n) is 3.06. The molecule has 0 radical (unpaired) electrons. The van der Waals surface area contributed by atoms with Gasteiger partial charge in [-0.1, -0.05) is 11.6 Å². The van der Waals surface area contributed by atoms with Gasteiger partial charge >= 0.3 is 0 Å². The second-order valence-electron chi connectivity index (χ2n) is 5.13. The van der Waals surface area contributed by atoms with E-state index in [1.807, 2.05) is 12.1 Å². The van der Waals surface area contributed by atoms with E-state index in [0.717, 1.165) is 32.5 Å². The zero-order chi connectivity index (χ0) is 12.6. The van der Waals surface area contributed by atoms with Crippen molar-refractivity contribution in [1.29, 1.82) is 0 Å². The summed E-state index contributed by atoms with van der Waals surface area (Å²) < 4.78 is 5.39. The predicted molar refractivity (Wildman–Crippen MR) is 69.8 cm³/mol. The second kappa shape index (κ2) is 4.68. The third-order valence-electron chi connectivity index (χ3n) is 4.31. The lowest BCUT2D eigenvalue weighted by atomic mass is 9.58. The van der Waals surface area contributed by atoms with E-state index in [9.17, 15) is 5.11 Å². The van der Waals surface area contributed by atoms with Gasteiger partial charge in [0.25, 0.3) is 0 Å². The number of hydrogen-bond donors (Lipinski definition) is 2. The van der Waals surface area contributed by atoms with Crippen LogP contribution in [0.5, 0.6) is 0 Å². The molecule has 1 aromatic rings. The van der Waals surface area contributed by atoms with Crippen molar-refractivity contribution in [3.63, 3.8) is 0 Å². The molecule has 2 fully saturated rings. The average molecular weight is 269 g/mol. The quantitative estimate of drug-likeness (QED) is 0.862. The minimum absolute atomic E-state index is 0.0564. The van der Waals surface area contributed by atoms with Gasteiger partial charge in [0.2, 0.25) is 0 Å². The van der Waals surface area contributed by atoms with Crippen LogP contribution in [0, 0.1) is 5.41 Å². The van der Waals surface area contributed by atoms with Gasteiger partial charge in [-0.3, -0.25) is 0 Å². The third-order valence-corrected chi connectivity index (χ3v) is 4.61. The maximum atomic E-state index is 10.1. The molecule has 18 heavy (non-hydrogen) atoms. The van der Waals surface area contributed by atoms with Crippen LogP contribution in [0.1, 0.15) is 19.3 Å². The molecule has 1 saturated heterocycles. The van der Waals surface area contributed by atoms with E-state index >= 15 is 0 Å². The number of aliphatic hydroxyl groups excluding tert-OH is 1. The smallest absolute Gasteiger partial charge is 0.144 e. The van der Waals surface area contributed by atoms with Gasteiger partial charge in [0.1, 0.15) is 5.82 Å². The number of halogens is 1. The molecule has 1 spiro atoms. The van der Waals surface area contributed by atoms with Crippen LogP contribution >= 0.6 is 11.6 Å². The molecule has 98 valence electrons. The number of anilines is 1. The Balaban J connectivity index is 1.75. The first-order chi connectivity index (χ1) is 8.72. The van der Waals surface area contributed by atoms with Crippen LogP contribution in [0.3, 0.4) is 0 Å². The van der Waals surface area contributed by atoms with Crippen LogP contribution < -0.4 is 5.32 Å². The zero-order valence-corrected chi connectivity index (χ0v) is 10.9. The molecule has 1 aromatic heterocycles. The first kappa shape index (κ1) is 12.2. The number of aromatic nitrogens is 1. The van der Waals surface area contributed by atoms with Gasteiger partial charge in [-0.25, -0.2) is 4.98 Å². The highest BCUT2D eigenvalue weighted by atomic mass is 35.5. The summed E-state index contributed by atoms with van der Waals surface area (Å²) >= 11 is 6.10. The third kappa shape index (κ3) is 1.88. The summed E-state index contributed by atoms with van der Waals surface area (Å²) in [6, 6.07) is 3.87. The monoisotopic (exact) mass is 268 g/mol. The standard InChI is InChI=1S/C13H17ClN2O2/c14-9-2-1-5-15-12(9)16-10-8-11(17)13(10)3-6-18-7-4-13/h1-2,5,10-11,17H,3-4,6-8H2,(H,15,16)/t10-,11-/m1/s1. The summed E-state index contributed by atoms with van der Waals surface area (Å²) in [5.41, 5.74) is -0.0564. The Hall–Kier alpha value is -0.840. The van der Waals surface area contributed by atoms with Crippen LogP contribution in [0.15, 0.2) is 18.3 Å². The molecule has 5 heteroatoms. The van der Waals surface area contributed by atoms with Gasteiger partial charge in [-0.05, 0) is 31.4 Å². The Kier molecular flexibility index (Phi) is 3.18. The number of nitrogens with one attached hydrogen (secondary N) is 1. The summed E-state index contributed by atoms with van der Waals surface area (Å²) in [6.45, 7) is 1.45. The van der Waals surface area contributed by atoms with Gasteiger partial charge < -0.3 is 15.2 Å². The van der Waals surface area contributed by atoms with Crippen LogP contribution in [-0.4, -0.2) is 35.5 Å². The molecule has 1 aliphatic carbocycles. The highest BCUT2D eigenvalue weighted by molar-refractivity contribution is 6.32. The summed E-state index contributed by atoms with van der Waals surface area (Å²) in [7, 11) is 0. The van der Waals surface area contributed by atoms with E-state index in [0.29, 0.717) is 10.8 Å². The predicted octanol–water partition coefficient (Wildman–Crippen LogP) is 2.08. The summed E-state index contributed by atoms with van der Waals surface area (Å²) in [5, 5.41) is 14.1. The number of rotatable bonds is 2. The minimum atomic E-state index is -0.235. The molecule has 2 N–H and O–H groups in total. The Morgan fingerprint density at radius 2 is 2.22 bits per heavy atom. The largest absolute Gasteiger partial charge is 0.392 e. The molecule has 1 aliphatic heterocycles. The van der Waals surface area contributed by atoms with E-state index in [2.05, 4.69) is 10.3 Å². The van der Waals surface area contributed by atoms with E-state index < -0.39 is 0 Å². The molecular weight excluding hydrogens is 252 g/mol. The first-order valence-corrected chi connectivity index (χ1v) is 6.73. The Bertz CT molecular complexity index is 435. The van der Waals surface area contributed by atoms with Gasteiger partial charge in [0, 0.05) is 30.9 Å². The minimum Gasteiger partial charge on any atom is -0.392 e. The van der Waals surface area contributed by atoms with Crippen LogP contribution in [0.4, 0.5) is 5.82 Å². The van der Waals surface area contributed by atoms with Crippen molar-refractivity contribution in [1.82, 2.24) is 4.98 Å². The maximum absolute atomic E-state index is 10.1. The van der Waals surface area contributed by atoms with E-state index in [1.165, 1.54) is 0 Å². The number of pyridine rings is 1. The van der Waals surface area contributed by atoms with Gasteiger partial charge in [0.05, 0.1) is 11.1 Å². The lowest BCUT2D eigenvalue weighted by Gasteiger charge is -2.55. The van der Waals surface area contributed by atoms with Crippen molar-refractivity contribution in [2.45, 2.75) is 31.4 Å². The molecular formula is C13H17ClN2O2. The SMILES string of the molecule is O[C@@H]1C[C@@H](Nc2ncccc2Cl)C12CCOCC2. The van der Waals surface area contributed by atoms with Crippen molar-refractivity contribution in [2.75, 3.05) is 18.5 Å². The van der Waals surface area contributed by atoms with E-state index in [1.54, 1.807) is 6.20 Å². The van der Waals surface area contributed by atoms with E-state index in [4.69, 9.17) is 16.3 Å². The average Bonchev–Trinajstić information content (AvgIpc) is 2.41. The summed E-state index contributed by atoms with van der Waals surface area (Å²) in [6.07, 6.45) is 4.04. The molecule has 0 bridgehead atoms. The fraction of sp³-hybridized carbons (Fsp3) is 0.615. The molecule has 2 aliphatic rings. The van der Waals surface area contributed by atoms with Crippen molar-refractivity contribution in [2.24, 2.45) is 5.41 Å². The maximum Gasteiger partial charge on any atom is 0.144 e. The molecule has 3 rings (SSSR count). The van der Waals surface area contributed by atoms with Crippen LogP contribution in [0.25, 0.3) is 0 Å². The molecule has 0 unspecified atom stereocenters. The van der Waals surface area contributed by atoms with Crippen molar-refractivity contribution in [3.05, 3.63) is 23.4 Å².